The largest absolute Gasteiger partial charge is 0.399 e. The van der Waals surface area contributed by atoms with Crippen LogP contribution in [-0.4, -0.2) is 12.8 Å². The van der Waals surface area contributed by atoms with Gasteiger partial charge in [0.25, 0.3) is 0 Å². The van der Waals surface area contributed by atoms with Gasteiger partial charge in [0.15, 0.2) is 0 Å². The van der Waals surface area contributed by atoms with E-state index in [4.69, 9.17) is 0 Å². The summed E-state index contributed by atoms with van der Waals surface area (Å²) in [7, 11) is 1.60. The zero-order valence-corrected chi connectivity index (χ0v) is 8.60. The van der Waals surface area contributed by atoms with E-state index in [0.717, 1.165) is 12.1 Å². The lowest BCUT2D eigenvalue weighted by molar-refractivity contribution is 0.212. The number of rotatable bonds is 7. The van der Waals surface area contributed by atoms with Crippen molar-refractivity contribution in [2.24, 2.45) is 5.16 Å². The molecule has 0 bridgehead atoms. The summed E-state index contributed by atoms with van der Waals surface area (Å²) in [6, 6.07) is 0. The maximum atomic E-state index is 4.67. The van der Waals surface area contributed by atoms with E-state index in [9.17, 15) is 0 Å². The average molecular weight is 171 g/mol. The van der Waals surface area contributed by atoms with Crippen LogP contribution in [-0.2, 0) is 4.84 Å². The maximum absolute atomic E-state index is 4.67. The van der Waals surface area contributed by atoms with Gasteiger partial charge >= 0.3 is 0 Å². The highest BCUT2D eigenvalue weighted by Gasteiger charge is 1.92. The van der Waals surface area contributed by atoms with E-state index in [-0.39, 0.29) is 0 Å². The molecule has 0 spiro atoms. The van der Waals surface area contributed by atoms with Gasteiger partial charge in [0.1, 0.15) is 7.11 Å². The molecule has 0 amide bonds. The Morgan fingerprint density at radius 2 is 1.83 bits per heavy atom. The van der Waals surface area contributed by atoms with Gasteiger partial charge in [0.2, 0.25) is 0 Å². The number of nitrogens with zero attached hydrogens (tertiary/aromatic N) is 1. The van der Waals surface area contributed by atoms with E-state index >= 15 is 0 Å². The van der Waals surface area contributed by atoms with Gasteiger partial charge in [-0.05, 0) is 19.8 Å². The first-order valence-corrected chi connectivity index (χ1v) is 4.88. The Kier molecular flexibility index (Phi) is 8.19. The fourth-order valence-electron chi connectivity index (χ4n) is 1.19. The highest BCUT2D eigenvalue weighted by atomic mass is 16.6. The van der Waals surface area contributed by atoms with Crippen molar-refractivity contribution in [3.05, 3.63) is 0 Å². The molecule has 2 heteroatoms. The summed E-state index contributed by atoms with van der Waals surface area (Å²) in [5.41, 5.74) is 1.11. The van der Waals surface area contributed by atoms with E-state index in [0.29, 0.717) is 0 Å². The van der Waals surface area contributed by atoms with E-state index in [2.05, 4.69) is 16.9 Å². The molecule has 0 rings (SSSR count). The number of hydrogen-bond acceptors (Lipinski definition) is 2. The van der Waals surface area contributed by atoms with Gasteiger partial charge in [-0.1, -0.05) is 37.8 Å². The molecule has 0 radical (unpaired) electrons. The Labute approximate surface area is 76.0 Å². The molecule has 0 aliphatic carbocycles. The Hall–Kier alpha value is -0.530. The highest BCUT2D eigenvalue weighted by Crippen LogP contribution is 2.05. The van der Waals surface area contributed by atoms with Crippen LogP contribution in [0.3, 0.4) is 0 Å². The number of oxime groups is 1. The van der Waals surface area contributed by atoms with Crippen molar-refractivity contribution in [1.29, 1.82) is 0 Å². The molecular formula is C10H21NO. The number of hydrogen-bond donors (Lipinski definition) is 0. The molecule has 2 nitrogen and oxygen atoms in total. The molecule has 0 aromatic rings. The molecule has 0 saturated carbocycles. The summed E-state index contributed by atoms with van der Waals surface area (Å²) in [5.74, 6) is 0. The van der Waals surface area contributed by atoms with Gasteiger partial charge < -0.3 is 4.84 Å². The molecule has 0 aromatic heterocycles. The second kappa shape index (κ2) is 8.57. The van der Waals surface area contributed by atoms with Crippen LogP contribution in [0.1, 0.15) is 52.4 Å². The summed E-state index contributed by atoms with van der Waals surface area (Å²) in [6.45, 7) is 4.25. The summed E-state index contributed by atoms with van der Waals surface area (Å²) in [5, 5.41) is 3.86. The predicted octanol–water partition coefficient (Wildman–Crippen LogP) is 3.37. The van der Waals surface area contributed by atoms with Crippen LogP contribution in [0.15, 0.2) is 5.16 Å². The third-order valence-corrected chi connectivity index (χ3v) is 1.89. The molecule has 0 N–H and O–H groups in total. The Morgan fingerprint density at radius 1 is 1.17 bits per heavy atom. The minimum atomic E-state index is 1.08. The highest BCUT2D eigenvalue weighted by molar-refractivity contribution is 5.81. The molecule has 72 valence electrons. The van der Waals surface area contributed by atoms with Crippen molar-refractivity contribution in [2.45, 2.75) is 52.4 Å². The average Bonchev–Trinajstić information content (AvgIpc) is 2.05. The second-order valence-corrected chi connectivity index (χ2v) is 3.17. The SMILES string of the molecule is CCCCCCC/C(C)=N/OC. The fourth-order valence-corrected chi connectivity index (χ4v) is 1.19. The summed E-state index contributed by atoms with van der Waals surface area (Å²) in [4.78, 5) is 4.67. The van der Waals surface area contributed by atoms with Gasteiger partial charge in [-0.2, -0.15) is 0 Å². The Morgan fingerprint density at radius 3 is 2.42 bits per heavy atom. The molecule has 0 unspecified atom stereocenters. The molecule has 0 heterocycles. The molecule has 0 aliphatic rings. The van der Waals surface area contributed by atoms with Crippen molar-refractivity contribution in [1.82, 2.24) is 0 Å². The smallest absolute Gasteiger partial charge is 0.106 e. The summed E-state index contributed by atoms with van der Waals surface area (Å²) < 4.78 is 0. The van der Waals surface area contributed by atoms with Crippen molar-refractivity contribution in [2.75, 3.05) is 7.11 Å². The van der Waals surface area contributed by atoms with E-state index < -0.39 is 0 Å². The lowest BCUT2D eigenvalue weighted by Gasteiger charge is -1.99. The topological polar surface area (TPSA) is 21.6 Å². The van der Waals surface area contributed by atoms with Gasteiger partial charge in [0.05, 0.1) is 5.71 Å². The van der Waals surface area contributed by atoms with Crippen LogP contribution < -0.4 is 0 Å². The molecule has 0 aromatic carbocycles. The third kappa shape index (κ3) is 7.58. The molecule has 0 atom stereocenters. The lowest BCUT2D eigenvalue weighted by Crippen LogP contribution is -1.92. The van der Waals surface area contributed by atoms with Crippen LogP contribution in [0.25, 0.3) is 0 Å². The second-order valence-electron chi connectivity index (χ2n) is 3.17. The molecule has 0 aliphatic heterocycles. The van der Waals surface area contributed by atoms with Gasteiger partial charge in [-0.3, -0.25) is 0 Å². The molecule has 12 heavy (non-hydrogen) atoms. The van der Waals surface area contributed by atoms with Gasteiger partial charge in [-0.15, -0.1) is 0 Å². The van der Waals surface area contributed by atoms with E-state index in [1.807, 2.05) is 6.92 Å². The first kappa shape index (κ1) is 11.5. The Bertz CT molecular complexity index is 121. The van der Waals surface area contributed by atoms with Crippen LogP contribution in [0.2, 0.25) is 0 Å². The number of unbranched alkanes of at least 4 members (excludes halogenated alkanes) is 4. The van der Waals surface area contributed by atoms with Crippen LogP contribution >= 0.6 is 0 Å². The predicted molar refractivity (Wildman–Crippen MR) is 53.5 cm³/mol. The first-order valence-electron chi connectivity index (χ1n) is 4.88. The quantitative estimate of drug-likeness (QED) is 0.327. The first-order chi connectivity index (χ1) is 5.81. The van der Waals surface area contributed by atoms with Crippen molar-refractivity contribution < 1.29 is 4.84 Å². The van der Waals surface area contributed by atoms with Crippen molar-refractivity contribution in [3.63, 3.8) is 0 Å². The van der Waals surface area contributed by atoms with Crippen molar-refractivity contribution >= 4 is 5.71 Å². The normalized spacial score (nSPS) is 11.8. The standard InChI is InChI=1S/C10H21NO/c1-4-5-6-7-8-9-10(2)11-12-3/h4-9H2,1-3H3/b11-10+. The van der Waals surface area contributed by atoms with Crippen LogP contribution in [0.5, 0.6) is 0 Å². The van der Waals surface area contributed by atoms with E-state index in [1.54, 1.807) is 7.11 Å². The van der Waals surface area contributed by atoms with Gasteiger partial charge in [0, 0.05) is 0 Å². The fraction of sp³-hybridized carbons (Fsp3) is 0.900. The zero-order chi connectivity index (χ0) is 9.23. The summed E-state index contributed by atoms with van der Waals surface area (Å²) >= 11 is 0. The minimum absolute atomic E-state index is 1.08. The monoisotopic (exact) mass is 171 g/mol. The Balaban J connectivity index is 3.14. The maximum Gasteiger partial charge on any atom is 0.106 e. The van der Waals surface area contributed by atoms with Gasteiger partial charge in [-0.25, -0.2) is 0 Å². The van der Waals surface area contributed by atoms with E-state index in [1.165, 1.54) is 32.1 Å². The molecule has 0 fully saturated rings. The van der Waals surface area contributed by atoms with Crippen LogP contribution in [0, 0.1) is 0 Å². The van der Waals surface area contributed by atoms with Crippen molar-refractivity contribution in [3.8, 4) is 0 Å². The minimum Gasteiger partial charge on any atom is -0.399 e. The van der Waals surface area contributed by atoms with Crippen LogP contribution in [0.4, 0.5) is 0 Å². The summed E-state index contributed by atoms with van der Waals surface area (Å²) in [6.07, 6.45) is 7.68. The molecular weight excluding hydrogens is 150 g/mol. The lowest BCUT2D eigenvalue weighted by atomic mass is 10.1. The third-order valence-electron chi connectivity index (χ3n) is 1.89. The molecule has 0 saturated heterocycles. The zero-order valence-electron chi connectivity index (χ0n) is 8.60.